The van der Waals surface area contributed by atoms with Crippen LogP contribution in [0.25, 0.3) is 0 Å². The third kappa shape index (κ3) is 27.0. The zero-order valence-corrected chi connectivity index (χ0v) is 54.3. The number of hydrogen-bond acceptors (Lipinski definition) is 21. The third-order valence-electron chi connectivity index (χ3n) is 16.6. The SMILES string of the molecule is NC1=NCCC(CC[C@@H]2NC(=O)C(CCCCNC(=O)[C@@H](N)CCC(=O)NCCCC[C@@H]3NC(=O)C(Cc4ccccc4)NC(=O)[C@H](CC(=O)O)NC(=O)CNC(=O)[C@H](CCC4CCN=C(N)N4)NC3=O)NC(=O)[C@@H](Cc3ccccc3)NC(=O)[C@H](CC(=O)O)NC(=O)CNC2=O)N1. The van der Waals surface area contributed by atoms with Crippen molar-refractivity contribution in [2.45, 2.75) is 182 Å². The van der Waals surface area contributed by atoms with Gasteiger partial charge in [-0.05, 0) is 94.6 Å². The number of guanidine groups is 2. The van der Waals surface area contributed by atoms with Gasteiger partial charge in [0.2, 0.25) is 70.9 Å². The van der Waals surface area contributed by atoms with Crippen molar-refractivity contribution in [2.24, 2.45) is 27.2 Å². The fourth-order valence-corrected chi connectivity index (χ4v) is 11.2. The second-order valence-electron chi connectivity index (χ2n) is 24.3. The molecule has 4 aliphatic heterocycles. The monoisotopic (exact) mass is 1370 g/mol. The lowest BCUT2D eigenvalue weighted by Crippen LogP contribution is -2.58. The van der Waals surface area contributed by atoms with Gasteiger partial charge in [-0.1, -0.05) is 60.7 Å². The van der Waals surface area contributed by atoms with E-state index in [4.69, 9.17) is 17.2 Å². The maximum Gasteiger partial charge on any atom is 0.305 e. The Morgan fingerprint density at radius 2 is 0.816 bits per heavy atom. The third-order valence-corrected chi connectivity index (χ3v) is 16.6. The summed E-state index contributed by atoms with van der Waals surface area (Å²) in [5.41, 5.74) is 19.2. The molecule has 35 nitrogen and oxygen atoms in total. The number of nitrogens with one attached hydrogen (secondary N) is 14. The number of aliphatic imine (C=N–C) groups is 2. The number of hydrogen-bond donors (Lipinski definition) is 19. The van der Waals surface area contributed by atoms with Crippen LogP contribution in [-0.4, -0.2) is 211 Å². The Bertz CT molecular complexity index is 3210. The van der Waals surface area contributed by atoms with Crippen molar-refractivity contribution < 1.29 is 77.3 Å². The van der Waals surface area contributed by atoms with Crippen molar-refractivity contribution >= 4 is 94.7 Å². The molecule has 22 N–H and O–H groups in total. The van der Waals surface area contributed by atoms with Gasteiger partial charge >= 0.3 is 11.9 Å². The summed E-state index contributed by atoms with van der Waals surface area (Å²) >= 11 is 0. The highest BCUT2D eigenvalue weighted by Crippen LogP contribution is 2.15. The maximum absolute atomic E-state index is 14.3. The molecule has 12 amide bonds. The quantitative estimate of drug-likeness (QED) is 0.0353. The highest BCUT2D eigenvalue weighted by Gasteiger charge is 2.36. The Kier molecular flexibility index (Phi) is 30.9. The summed E-state index contributed by atoms with van der Waals surface area (Å²) < 4.78 is 0. The van der Waals surface area contributed by atoms with Gasteiger partial charge in [-0.2, -0.15) is 0 Å². The first-order valence-electron chi connectivity index (χ1n) is 32.8. The molecular formula is C63H91N19O16. The number of rotatable bonds is 28. The minimum absolute atomic E-state index is 0.0370. The van der Waals surface area contributed by atoms with Crippen molar-refractivity contribution in [1.29, 1.82) is 0 Å². The zero-order chi connectivity index (χ0) is 71.1. The lowest BCUT2D eigenvalue weighted by Gasteiger charge is -2.27. The van der Waals surface area contributed by atoms with Crippen LogP contribution in [0, 0.1) is 0 Å². The topological polar surface area (TPSA) is 551 Å². The number of unbranched alkanes of at least 4 members (excludes halogenated alkanes) is 2. The fraction of sp³-hybridized carbons (Fsp3) is 0.556. The number of benzene rings is 2. The van der Waals surface area contributed by atoms with E-state index in [1.807, 2.05) is 0 Å². The first kappa shape index (κ1) is 76.5. The normalized spacial score (nSPS) is 24.4. The van der Waals surface area contributed by atoms with Crippen LogP contribution in [0.3, 0.4) is 0 Å². The molecule has 35 heteroatoms. The van der Waals surface area contributed by atoms with E-state index in [9.17, 15) is 77.3 Å². The van der Waals surface area contributed by atoms with Crippen LogP contribution in [0.2, 0.25) is 0 Å². The molecule has 2 aromatic carbocycles. The van der Waals surface area contributed by atoms with Crippen molar-refractivity contribution in [2.75, 3.05) is 39.3 Å². The van der Waals surface area contributed by atoms with Gasteiger partial charge < -0.3 is 102 Å². The van der Waals surface area contributed by atoms with Crippen molar-refractivity contribution in [1.82, 2.24) is 74.4 Å². The molecule has 6 rings (SSSR count). The van der Waals surface area contributed by atoms with E-state index in [-0.39, 0.29) is 114 Å². The van der Waals surface area contributed by atoms with Crippen LogP contribution in [0.4, 0.5) is 0 Å². The highest BCUT2D eigenvalue weighted by atomic mass is 16.4. The molecule has 98 heavy (non-hydrogen) atoms. The van der Waals surface area contributed by atoms with Crippen molar-refractivity contribution in [3.05, 3.63) is 71.8 Å². The van der Waals surface area contributed by atoms with Crippen LogP contribution in [0.5, 0.6) is 0 Å². The number of carboxylic acid groups (broad SMARTS) is 2. The number of carboxylic acids is 2. The summed E-state index contributed by atoms with van der Waals surface area (Å²) in [5, 5.41) is 56.2. The second kappa shape index (κ2) is 39.5. The summed E-state index contributed by atoms with van der Waals surface area (Å²) in [5.74, 6) is -12.2. The molecule has 2 fully saturated rings. The smallest absolute Gasteiger partial charge is 0.305 e. The number of carbonyl (C=O) groups is 14. The Morgan fingerprint density at radius 3 is 1.21 bits per heavy atom. The minimum atomic E-state index is -1.67. The van der Waals surface area contributed by atoms with E-state index in [0.717, 1.165) is 0 Å². The molecule has 4 heterocycles. The van der Waals surface area contributed by atoms with Crippen LogP contribution in [0.1, 0.15) is 114 Å². The molecule has 0 radical (unpaired) electrons. The van der Waals surface area contributed by atoms with E-state index in [2.05, 4.69) is 84.4 Å². The van der Waals surface area contributed by atoms with E-state index < -0.39 is 163 Å². The Labute approximate surface area is 564 Å². The van der Waals surface area contributed by atoms with E-state index in [1.54, 1.807) is 60.7 Å². The van der Waals surface area contributed by atoms with Crippen LogP contribution in [-0.2, 0) is 80.0 Å². The number of amides is 12. The van der Waals surface area contributed by atoms with Gasteiger partial charge in [0.15, 0.2) is 11.9 Å². The first-order valence-corrected chi connectivity index (χ1v) is 32.8. The largest absolute Gasteiger partial charge is 0.481 e. The average molecular weight is 1370 g/mol. The number of nitrogens with zero attached hydrogens (tertiary/aromatic N) is 2. The molecule has 0 bridgehead atoms. The number of aliphatic carboxylic acids is 2. The Hall–Kier alpha value is -10.5. The molecule has 4 unspecified atom stereocenters. The first-order chi connectivity index (χ1) is 46.9. The van der Waals surface area contributed by atoms with E-state index in [1.165, 1.54) is 0 Å². The summed E-state index contributed by atoms with van der Waals surface area (Å²) in [6.45, 7) is -0.430. The van der Waals surface area contributed by atoms with Gasteiger partial charge in [-0.3, -0.25) is 77.1 Å². The van der Waals surface area contributed by atoms with Crippen molar-refractivity contribution in [3.63, 3.8) is 0 Å². The average Bonchev–Trinajstić information content (AvgIpc) is 1.34. The summed E-state index contributed by atoms with van der Waals surface area (Å²) in [7, 11) is 0. The zero-order valence-electron chi connectivity index (χ0n) is 54.3. The summed E-state index contributed by atoms with van der Waals surface area (Å²) in [6.07, 6.45) is 0.420. The van der Waals surface area contributed by atoms with Gasteiger partial charge in [-0.25, -0.2) is 0 Å². The van der Waals surface area contributed by atoms with Gasteiger partial charge in [0.05, 0.1) is 32.0 Å². The number of nitrogens with two attached hydrogens (primary N) is 3. The van der Waals surface area contributed by atoms with Crippen molar-refractivity contribution in [3.8, 4) is 0 Å². The standard InChI is InChI=1S/C63H91N19O16/c64-39(53(90)68-26-10-8-16-41-57(94)80-43(21-18-38-24-28-70-63(66)74-38)55(92)72-34-50(85)76-47(32-52(88)89)61(98)82-45(59(96)78-41)30-36-13-5-2-6-14-36)19-22-48(83)67-25-9-7-15-40-56(93)79-42(20-17-37-23-27-69-62(65)73-37)54(91)71-33-49(84)75-46(31-51(86)87)60(97)81-44(58(95)77-40)29-35-11-3-1-4-12-35/h1-6,11-14,37-47H,7-10,15-34,64H2,(H,67,83)(H,68,90)(H,71,91)(H,72,92)(H,75,84)(H,76,85)(H,77,95)(H,78,96)(H,79,93)(H,80,94)(H,81,97)(H,82,98)(H,86,87)(H,88,89)(H3,65,69,73)(H3,66,70,74)/t37?,38?,39-,40-,41?,42-,43-,44?,45+,46-,47-/m0/s1. The highest BCUT2D eigenvalue weighted by molar-refractivity contribution is 6.00. The Morgan fingerprint density at radius 1 is 0.449 bits per heavy atom. The molecular weight excluding hydrogens is 1280 g/mol. The summed E-state index contributed by atoms with van der Waals surface area (Å²) in [6, 6.07) is 4.15. The van der Waals surface area contributed by atoms with Crippen LogP contribution < -0.4 is 91.6 Å². The fourth-order valence-electron chi connectivity index (χ4n) is 11.2. The van der Waals surface area contributed by atoms with Crippen LogP contribution >= 0.6 is 0 Å². The molecule has 2 saturated heterocycles. The second-order valence-corrected chi connectivity index (χ2v) is 24.3. The van der Waals surface area contributed by atoms with E-state index in [0.29, 0.717) is 49.9 Å². The minimum Gasteiger partial charge on any atom is -0.481 e. The molecule has 534 valence electrons. The molecule has 0 aromatic heterocycles. The van der Waals surface area contributed by atoms with Gasteiger partial charge in [0, 0.05) is 57.5 Å². The van der Waals surface area contributed by atoms with E-state index >= 15 is 0 Å². The molecule has 2 aromatic rings. The molecule has 11 atom stereocenters. The van der Waals surface area contributed by atoms with Gasteiger partial charge in [0.1, 0.15) is 48.3 Å². The van der Waals surface area contributed by atoms with Gasteiger partial charge in [0.25, 0.3) is 0 Å². The predicted molar refractivity (Wildman–Crippen MR) is 352 cm³/mol. The van der Waals surface area contributed by atoms with Crippen LogP contribution in [0.15, 0.2) is 70.6 Å². The summed E-state index contributed by atoms with van der Waals surface area (Å²) in [4.78, 5) is 196. The lowest BCUT2D eigenvalue weighted by molar-refractivity contribution is -0.141. The Balaban J connectivity index is 1.05. The molecule has 0 spiro atoms. The predicted octanol–water partition coefficient (Wildman–Crippen LogP) is -5.85. The maximum atomic E-state index is 14.3. The number of carbonyl (C=O) groups excluding carboxylic acids is 12. The van der Waals surface area contributed by atoms with Gasteiger partial charge in [-0.15, -0.1) is 0 Å². The molecule has 0 saturated carbocycles. The molecule has 4 aliphatic rings. The lowest BCUT2D eigenvalue weighted by atomic mass is 10.0. The molecule has 0 aliphatic carbocycles.